The van der Waals surface area contributed by atoms with Gasteiger partial charge in [-0.1, -0.05) is 38.8 Å². The maximum Gasteiger partial charge on any atom is 0.244 e. The quantitative estimate of drug-likeness (QED) is 0.702. The zero-order chi connectivity index (χ0) is 23.2. The van der Waals surface area contributed by atoms with E-state index in [1.165, 1.54) is 25.7 Å². The molecule has 2 saturated heterocycles. The first-order chi connectivity index (χ1) is 16.0. The molecule has 0 radical (unpaired) electrons. The summed E-state index contributed by atoms with van der Waals surface area (Å²) < 4.78 is 0. The molecule has 0 aliphatic carbocycles. The van der Waals surface area contributed by atoms with Crippen LogP contribution in [0.1, 0.15) is 46.0 Å². The molecule has 1 aromatic carbocycles. The topological polar surface area (TPSA) is 90.5 Å². The summed E-state index contributed by atoms with van der Waals surface area (Å²) in [7, 11) is 0. The van der Waals surface area contributed by atoms with Gasteiger partial charge in [0.15, 0.2) is 5.82 Å². The van der Waals surface area contributed by atoms with Gasteiger partial charge >= 0.3 is 0 Å². The minimum absolute atomic E-state index is 0.0140. The number of benzene rings is 1. The lowest BCUT2D eigenvalue weighted by atomic mass is 9.99. The first-order valence-electron chi connectivity index (χ1n) is 12.0. The lowest BCUT2D eigenvalue weighted by Crippen LogP contribution is -2.54. The van der Waals surface area contributed by atoms with Crippen LogP contribution in [0.3, 0.4) is 0 Å². The van der Waals surface area contributed by atoms with Crippen molar-refractivity contribution in [1.29, 1.82) is 0 Å². The molecule has 2 fully saturated rings. The number of carbonyl (C=O) groups is 2. The van der Waals surface area contributed by atoms with Gasteiger partial charge in [-0.05, 0) is 43.0 Å². The Labute approximate surface area is 195 Å². The third-order valence-electron chi connectivity index (χ3n) is 6.48. The van der Waals surface area contributed by atoms with Gasteiger partial charge in [-0.25, -0.2) is 0 Å². The molecule has 0 bridgehead atoms. The fraction of sp³-hybridized carbons (Fsp3) is 0.520. The maximum atomic E-state index is 12.4. The molecule has 1 atom stereocenters. The van der Waals surface area contributed by atoms with Crippen LogP contribution in [0, 0.1) is 5.92 Å². The van der Waals surface area contributed by atoms with Gasteiger partial charge in [0.1, 0.15) is 6.54 Å². The Balaban J connectivity index is 1.31. The Morgan fingerprint density at radius 2 is 1.79 bits per heavy atom. The molecule has 8 heteroatoms. The standard InChI is InChI=1S/C25H34N6O2/c1-18(2)22-15-25(33)31(17-26-22)16-24(32)27-20-9-7-19(8-10-20)21-11-12-23(29-28-21)30-13-5-3-4-6-14-30/h7-12,18,22,26H,3-6,13-17H2,1-2H3,(H,27,32). The first-order valence-corrected chi connectivity index (χ1v) is 12.0. The Hall–Kier alpha value is -3.00. The summed E-state index contributed by atoms with van der Waals surface area (Å²) in [6, 6.07) is 11.8. The highest BCUT2D eigenvalue weighted by molar-refractivity contribution is 5.94. The Kier molecular flexibility index (Phi) is 7.54. The van der Waals surface area contributed by atoms with Gasteiger partial charge in [0.2, 0.25) is 11.8 Å². The van der Waals surface area contributed by atoms with E-state index in [1.54, 1.807) is 4.90 Å². The summed E-state index contributed by atoms with van der Waals surface area (Å²) in [6.07, 6.45) is 5.41. The van der Waals surface area contributed by atoms with Crippen LogP contribution < -0.4 is 15.5 Å². The monoisotopic (exact) mass is 450 g/mol. The van der Waals surface area contributed by atoms with E-state index in [9.17, 15) is 9.59 Å². The number of nitrogens with one attached hydrogen (secondary N) is 2. The Morgan fingerprint density at radius 3 is 2.39 bits per heavy atom. The third kappa shape index (κ3) is 6.07. The number of rotatable bonds is 6. The average Bonchev–Trinajstić information content (AvgIpc) is 3.11. The molecule has 2 aromatic rings. The molecular formula is C25H34N6O2. The third-order valence-corrected chi connectivity index (χ3v) is 6.48. The average molecular weight is 451 g/mol. The Bertz CT molecular complexity index is 936. The highest BCUT2D eigenvalue weighted by Gasteiger charge is 2.28. The molecule has 33 heavy (non-hydrogen) atoms. The number of hydrogen-bond acceptors (Lipinski definition) is 6. The molecule has 1 aromatic heterocycles. The number of anilines is 2. The molecule has 2 aliphatic heterocycles. The van der Waals surface area contributed by atoms with Gasteiger partial charge in [-0.3, -0.25) is 14.9 Å². The van der Waals surface area contributed by atoms with E-state index >= 15 is 0 Å². The highest BCUT2D eigenvalue weighted by Crippen LogP contribution is 2.22. The van der Waals surface area contributed by atoms with Crippen molar-refractivity contribution in [3.63, 3.8) is 0 Å². The molecule has 4 rings (SSSR count). The predicted octanol–water partition coefficient (Wildman–Crippen LogP) is 3.27. The van der Waals surface area contributed by atoms with E-state index in [0.717, 1.165) is 30.2 Å². The smallest absolute Gasteiger partial charge is 0.244 e. The van der Waals surface area contributed by atoms with E-state index < -0.39 is 0 Å². The van der Waals surface area contributed by atoms with Crippen LogP contribution in [0.4, 0.5) is 11.5 Å². The molecule has 0 saturated carbocycles. The predicted molar refractivity (Wildman–Crippen MR) is 130 cm³/mol. The zero-order valence-corrected chi connectivity index (χ0v) is 19.6. The van der Waals surface area contributed by atoms with Crippen molar-refractivity contribution in [3.8, 4) is 11.3 Å². The van der Waals surface area contributed by atoms with Gasteiger partial charge < -0.3 is 15.1 Å². The van der Waals surface area contributed by atoms with Crippen molar-refractivity contribution in [1.82, 2.24) is 20.4 Å². The van der Waals surface area contributed by atoms with Gasteiger partial charge in [-0.15, -0.1) is 10.2 Å². The van der Waals surface area contributed by atoms with E-state index in [1.807, 2.05) is 36.4 Å². The summed E-state index contributed by atoms with van der Waals surface area (Å²) in [5.74, 6) is 1.13. The van der Waals surface area contributed by atoms with Gasteiger partial charge in [0.05, 0.1) is 12.4 Å². The number of carbonyl (C=O) groups excluding carboxylic acids is 2. The molecular weight excluding hydrogens is 416 g/mol. The molecule has 3 heterocycles. The number of amides is 2. The summed E-state index contributed by atoms with van der Waals surface area (Å²) in [6.45, 7) is 6.71. The fourth-order valence-corrected chi connectivity index (χ4v) is 4.37. The molecule has 8 nitrogen and oxygen atoms in total. The van der Waals surface area contributed by atoms with E-state index in [4.69, 9.17) is 0 Å². The number of nitrogens with zero attached hydrogens (tertiary/aromatic N) is 4. The summed E-state index contributed by atoms with van der Waals surface area (Å²) >= 11 is 0. The van der Waals surface area contributed by atoms with Crippen molar-refractivity contribution < 1.29 is 9.59 Å². The normalized spacial score (nSPS) is 19.5. The van der Waals surface area contributed by atoms with Crippen molar-refractivity contribution in [2.45, 2.75) is 52.0 Å². The second-order valence-corrected chi connectivity index (χ2v) is 9.31. The second-order valence-electron chi connectivity index (χ2n) is 9.31. The van der Waals surface area contributed by atoms with E-state index in [0.29, 0.717) is 24.7 Å². The highest BCUT2D eigenvalue weighted by atomic mass is 16.2. The molecule has 0 spiro atoms. The maximum absolute atomic E-state index is 12.4. The molecule has 176 valence electrons. The van der Waals surface area contributed by atoms with E-state index in [2.05, 4.69) is 39.6 Å². The fourth-order valence-electron chi connectivity index (χ4n) is 4.37. The van der Waals surface area contributed by atoms with Crippen LogP contribution >= 0.6 is 0 Å². The van der Waals surface area contributed by atoms with Gasteiger partial charge in [0.25, 0.3) is 0 Å². The lowest BCUT2D eigenvalue weighted by Gasteiger charge is -2.34. The number of aromatic nitrogens is 2. The second kappa shape index (κ2) is 10.7. The molecule has 2 aliphatic rings. The van der Waals surface area contributed by atoms with Crippen molar-refractivity contribution in [3.05, 3.63) is 36.4 Å². The van der Waals surface area contributed by atoms with E-state index in [-0.39, 0.29) is 24.4 Å². The van der Waals surface area contributed by atoms with Gasteiger partial charge in [0, 0.05) is 36.8 Å². The van der Waals surface area contributed by atoms with Crippen LogP contribution in [0.25, 0.3) is 11.3 Å². The van der Waals surface area contributed by atoms with Crippen LogP contribution in [0.15, 0.2) is 36.4 Å². The minimum atomic E-state index is -0.206. The number of hydrogen-bond donors (Lipinski definition) is 2. The van der Waals surface area contributed by atoms with Crippen LogP contribution in [-0.4, -0.2) is 59.3 Å². The van der Waals surface area contributed by atoms with Crippen molar-refractivity contribution in [2.24, 2.45) is 5.92 Å². The van der Waals surface area contributed by atoms with Crippen molar-refractivity contribution in [2.75, 3.05) is 36.5 Å². The summed E-state index contributed by atoms with van der Waals surface area (Å²) in [5.41, 5.74) is 2.43. The van der Waals surface area contributed by atoms with Crippen LogP contribution in [0.2, 0.25) is 0 Å². The molecule has 2 amide bonds. The molecule has 2 N–H and O–H groups in total. The Morgan fingerprint density at radius 1 is 1.06 bits per heavy atom. The van der Waals surface area contributed by atoms with Gasteiger partial charge in [-0.2, -0.15) is 0 Å². The summed E-state index contributed by atoms with van der Waals surface area (Å²) in [4.78, 5) is 28.7. The van der Waals surface area contributed by atoms with Crippen molar-refractivity contribution >= 4 is 23.3 Å². The summed E-state index contributed by atoms with van der Waals surface area (Å²) in [5, 5.41) is 15.1. The zero-order valence-electron chi connectivity index (χ0n) is 19.6. The SMILES string of the molecule is CC(C)C1CC(=O)N(CC(=O)Nc2ccc(-c3ccc(N4CCCCCC4)nn3)cc2)CN1. The molecule has 1 unspecified atom stereocenters. The largest absolute Gasteiger partial charge is 0.355 e. The lowest BCUT2D eigenvalue weighted by molar-refractivity contribution is -0.138. The minimum Gasteiger partial charge on any atom is -0.355 e. The van der Waals surface area contributed by atoms with Crippen LogP contribution in [0.5, 0.6) is 0 Å². The first kappa shape index (κ1) is 23.2. The van der Waals surface area contributed by atoms with Crippen LogP contribution in [-0.2, 0) is 9.59 Å².